The molecule has 0 radical (unpaired) electrons. The Bertz CT molecular complexity index is 505. The Kier molecular flexibility index (Phi) is 5.28. The standard InChI is InChI=1S/C16H22F2N2O/c1-11(2)20-7-3-4-12(10-20)9-19-16(21)14-6-5-13(17)8-15(14)18/h5-6,8,11-12H,3-4,7,9-10H2,1-2H3,(H,19,21)/t12-/m1/s1. The van der Waals surface area contributed by atoms with Crippen molar-refractivity contribution in [1.29, 1.82) is 0 Å². The van der Waals surface area contributed by atoms with Crippen LogP contribution in [-0.4, -0.2) is 36.5 Å². The number of hydrogen-bond acceptors (Lipinski definition) is 2. The van der Waals surface area contributed by atoms with E-state index in [0.717, 1.165) is 38.1 Å². The average molecular weight is 296 g/mol. The lowest BCUT2D eigenvalue weighted by atomic mass is 9.97. The van der Waals surface area contributed by atoms with E-state index in [2.05, 4.69) is 24.1 Å². The fourth-order valence-electron chi connectivity index (χ4n) is 2.74. The third-order valence-electron chi connectivity index (χ3n) is 4.01. The molecular formula is C16H22F2N2O. The number of carbonyl (C=O) groups excluding carboxylic acids is 1. The van der Waals surface area contributed by atoms with E-state index in [1.54, 1.807) is 0 Å². The van der Waals surface area contributed by atoms with Crippen LogP contribution in [0.3, 0.4) is 0 Å². The van der Waals surface area contributed by atoms with Crippen molar-refractivity contribution in [1.82, 2.24) is 10.2 Å². The molecule has 1 saturated heterocycles. The van der Waals surface area contributed by atoms with Gasteiger partial charge >= 0.3 is 0 Å². The number of hydrogen-bond donors (Lipinski definition) is 1. The van der Waals surface area contributed by atoms with Gasteiger partial charge in [0.05, 0.1) is 5.56 Å². The molecule has 5 heteroatoms. The highest BCUT2D eigenvalue weighted by Crippen LogP contribution is 2.18. The van der Waals surface area contributed by atoms with Gasteiger partial charge in [0, 0.05) is 25.2 Å². The summed E-state index contributed by atoms with van der Waals surface area (Å²) in [6.45, 7) is 6.89. The Morgan fingerprint density at radius 2 is 2.19 bits per heavy atom. The van der Waals surface area contributed by atoms with E-state index >= 15 is 0 Å². The number of nitrogens with zero attached hydrogens (tertiary/aromatic N) is 1. The maximum Gasteiger partial charge on any atom is 0.254 e. The van der Waals surface area contributed by atoms with E-state index in [0.29, 0.717) is 18.5 Å². The number of nitrogens with one attached hydrogen (secondary N) is 1. The van der Waals surface area contributed by atoms with Crippen LogP contribution in [0.4, 0.5) is 8.78 Å². The molecule has 0 aliphatic carbocycles. The van der Waals surface area contributed by atoms with Crippen molar-refractivity contribution in [2.75, 3.05) is 19.6 Å². The van der Waals surface area contributed by atoms with Crippen LogP contribution in [0.15, 0.2) is 18.2 Å². The second-order valence-corrected chi connectivity index (χ2v) is 5.93. The Balaban J connectivity index is 1.89. The third kappa shape index (κ3) is 4.24. The SMILES string of the molecule is CC(C)N1CCC[C@H](CNC(=O)c2ccc(F)cc2F)C1. The summed E-state index contributed by atoms with van der Waals surface area (Å²) in [5, 5.41) is 2.76. The van der Waals surface area contributed by atoms with E-state index < -0.39 is 17.5 Å². The van der Waals surface area contributed by atoms with E-state index in [4.69, 9.17) is 0 Å². The lowest BCUT2D eigenvalue weighted by Crippen LogP contribution is -2.43. The first-order valence-electron chi connectivity index (χ1n) is 7.44. The van der Waals surface area contributed by atoms with E-state index in [-0.39, 0.29) is 5.56 Å². The first-order chi connectivity index (χ1) is 9.97. The molecule has 116 valence electrons. The van der Waals surface area contributed by atoms with Gasteiger partial charge in [-0.25, -0.2) is 8.78 Å². The summed E-state index contributed by atoms with van der Waals surface area (Å²) in [6, 6.07) is 3.51. The number of halogens is 2. The summed E-state index contributed by atoms with van der Waals surface area (Å²) in [6.07, 6.45) is 2.18. The molecule has 1 aliphatic heterocycles. The Labute approximate surface area is 124 Å². The monoisotopic (exact) mass is 296 g/mol. The van der Waals surface area contributed by atoms with Gasteiger partial charge in [0.25, 0.3) is 5.91 Å². The molecular weight excluding hydrogens is 274 g/mol. The van der Waals surface area contributed by atoms with Crippen LogP contribution in [0.25, 0.3) is 0 Å². The van der Waals surface area contributed by atoms with Crippen LogP contribution in [0.2, 0.25) is 0 Å². The highest BCUT2D eigenvalue weighted by Gasteiger charge is 2.22. The van der Waals surface area contributed by atoms with Crippen molar-refractivity contribution < 1.29 is 13.6 Å². The zero-order chi connectivity index (χ0) is 15.4. The quantitative estimate of drug-likeness (QED) is 0.926. The Morgan fingerprint density at radius 1 is 1.43 bits per heavy atom. The van der Waals surface area contributed by atoms with Gasteiger partial charge in [0.2, 0.25) is 0 Å². The molecule has 21 heavy (non-hydrogen) atoms. The van der Waals surface area contributed by atoms with Crippen molar-refractivity contribution in [3.8, 4) is 0 Å². The number of carbonyl (C=O) groups is 1. The molecule has 0 bridgehead atoms. The largest absolute Gasteiger partial charge is 0.352 e. The molecule has 1 amide bonds. The first kappa shape index (κ1) is 15.9. The summed E-state index contributed by atoms with van der Waals surface area (Å²) < 4.78 is 26.4. The predicted octanol–water partition coefficient (Wildman–Crippen LogP) is 2.82. The molecule has 0 aromatic heterocycles. The normalized spacial score (nSPS) is 19.8. The highest BCUT2D eigenvalue weighted by atomic mass is 19.1. The van der Waals surface area contributed by atoms with E-state index in [1.807, 2.05) is 0 Å². The van der Waals surface area contributed by atoms with Gasteiger partial charge in [-0.1, -0.05) is 0 Å². The molecule has 2 rings (SSSR count). The second-order valence-electron chi connectivity index (χ2n) is 5.93. The van der Waals surface area contributed by atoms with Gasteiger partial charge in [0.1, 0.15) is 11.6 Å². The molecule has 3 nitrogen and oxygen atoms in total. The van der Waals surface area contributed by atoms with Crippen LogP contribution >= 0.6 is 0 Å². The molecule has 0 saturated carbocycles. The van der Waals surface area contributed by atoms with Crippen molar-refractivity contribution in [3.05, 3.63) is 35.4 Å². The molecule has 1 aliphatic rings. The van der Waals surface area contributed by atoms with Gasteiger partial charge in [-0.3, -0.25) is 4.79 Å². The maximum atomic E-state index is 13.5. The topological polar surface area (TPSA) is 32.3 Å². The minimum Gasteiger partial charge on any atom is -0.352 e. The number of amides is 1. The van der Waals surface area contributed by atoms with Crippen molar-refractivity contribution >= 4 is 5.91 Å². The van der Waals surface area contributed by atoms with Crippen LogP contribution in [-0.2, 0) is 0 Å². The first-order valence-corrected chi connectivity index (χ1v) is 7.44. The summed E-state index contributed by atoms with van der Waals surface area (Å²) in [5.41, 5.74) is -0.104. The van der Waals surface area contributed by atoms with Gasteiger partial charge in [-0.15, -0.1) is 0 Å². The highest BCUT2D eigenvalue weighted by molar-refractivity contribution is 5.94. The molecule has 1 aromatic carbocycles. The average Bonchev–Trinajstić information content (AvgIpc) is 2.45. The minimum absolute atomic E-state index is 0.104. The van der Waals surface area contributed by atoms with Crippen LogP contribution in [0.5, 0.6) is 0 Å². The van der Waals surface area contributed by atoms with Gasteiger partial charge in [-0.05, 0) is 51.3 Å². The summed E-state index contributed by atoms with van der Waals surface area (Å²) in [4.78, 5) is 14.3. The van der Waals surface area contributed by atoms with Gasteiger partial charge < -0.3 is 10.2 Å². The van der Waals surface area contributed by atoms with Crippen molar-refractivity contribution in [2.45, 2.75) is 32.7 Å². The fraction of sp³-hybridized carbons (Fsp3) is 0.562. The summed E-state index contributed by atoms with van der Waals surface area (Å²) >= 11 is 0. The second kappa shape index (κ2) is 6.98. The molecule has 0 spiro atoms. The van der Waals surface area contributed by atoms with Gasteiger partial charge in [-0.2, -0.15) is 0 Å². The molecule has 1 atom stereocenters. The molecule has 1 heterocycles. The fourth-order valence-corrected chi connectivity index (χ4v) is 2.74. The van der Waals surface area contributed by atoms with E-state index in [1.165, 1.54) is 6.07 Å². The molecule has 0 unspecified atom stereocenters. The smallest absolute Gasteiger partial charge is 0.254 e. The number of rotatable bonds is 4. The van der Waals surface area contributed by atoms with Crippen LogP contribution in [0, 0.1) is 17.6 Å². The number of benzene rings is 1. The maximum absolute atomic E-state index is 13.5. The van der Waals surface area contributed by atoms with E-state index in [9.17, 15) is 13.6 Å². The lowest BCUT2D eigenvalue weighted by molar-refractivity contribution is 0.0918. The number of piperidine rings is 1. The molecule has 1 aromatic rings. The summed E-state index contributed by atoms with van der Waals surface area (Å²) in [5.74, 6) is -1.59. The van der Waals surface area contributed by atoms with Crippen molar-refractivity contribution in [2.24, 2.45) is 5.92 Å². The predicted molar refractivity (Wildman–Crippen MR) is 78.1 cm³/mol. The lowest BCUT2D eigenvalue weighted by Gasteiger charge is -2.35. The van der Waals surface area contributed by atoms with Crippen molar-refractivity contribution in [3.63, 3.8) is 0 Å². The minimum atomic E-state index is -0.819. The Hall–Kier alpha value is -1.49. The van der Waals surface area contributed by atoms with Crippen LogP contribution in [0.1, 0.15) is 37.0 Å². The Morgan fingerprint density at radius 3 is 2.86 bits per heavy atom. The van der Waals surface area contributed by atoms with Crippen LogP contribution < -0.4 is 5.32 Å². The number of likely N-dealkylation sites (tertiary alicyclic amines) is 1. The third-order valence-corrected chi connectivity index (χ3v) is 4.01. The zero-order valence-electron chi connectivity index (χ0n) is 12.5. The summed E-state index contributed by atoms with van der Waals surface area (Å²) in [7, 11) is 0. The molecule has 1 N–H and O–H groups in total. The molecule has 1 fully saturated rings. The van der Waals surface area contributed by atoms with Gasteiger partial charge in [0.15, 0.2) is 0 Å². The zero-order valence-corrected chi connectivity index (χ0v) is 12.5.